The molecule has 0 amide bonds. The van der Waals surface area contributed by atoms with Crippen molar-refractivity contribution in [2.75, 3.05) is 6.61 Å². The van der Waals surface area contributed by atoms with Crippen LogP contribution in [-0.4, -0.2) is 23.9 Å². The molecular weight excluding hydrogens is 372 g/mol. The Bertz CT molecular complexity index is 930. The van der Waals surface area contributed by atoms with Crippen LogP contribution in [0.3, 0.4) is 0 Å². The summed E-state index contributed by atoms with van der Waals surface area (Å²) in [6, 6.07) is 9.40. The van der Waals surface area contributed by atoms with Gasteiger partial charge in [0.05, 0.1) is 5.56 Å². The number of benzene rings is 1. The molecule has 0 unspecified atom stereocenters. The standard InChI is InChI=1S/C22H24N2O3S/c1-22(2,3)15-6-9-17-18(11-23)21(28-19(17)10-15)24-12-14-4-7-16(8-5-14)27-13-20(25)26/h4-5,7-8,12,15H,6,9-10,13H2,1-3H3,(H,25,26)/t15-/m1/s1. The van der Waals surface area contributed by atoms with Crippen LogP contribution in [0.5, 0.6) is 5.75 Å². The van der Waals surface area contributed by atoms with Crippen LogP contribution in [0, 0.1) is 22.7 Å². The van der Waals surface area contributed by atoms with Gasteiger partial charge in [-0.3, -0.25) is 0 Å². The van der Waals surface area contributed by atoms with Crippen LogP contribution < -0.4 is 4.74 Å². The predicted molar refractivity (Wildman–Crippen MR) is 111 cm³/mol. The van der Waals surface area contributed by atoms with Crippen molar-refractivity contribution in [2.24, 2.45) is 16.3 Å². The van der Waals surface area contributed by atoms with E-state index in [1.807, 2.05) is 12.1 Å². The summed E-state index contributed by atoms with van der Waals surface area (Å²) in [5.41, 5.74) is 3.02. The number of nitriles is 1. The van der Waals surface area contributed by atoms with E-state index in [2.05, 4.69) is 31.8 Å². The molecule has 1 heterocycles. The first-order chi connectivity index (χ1) is 13.3. The molecule has 0 saturated carbocycles. The fourth-order valence-corrected chi connectivity index (χ4v) is 4.67. The minimum atomic E-state index is -1.01. The summed E-state index contributed by atoms with van der Waals surface area (Å²) in [5, 5.41) is 19.1. The lowest BCUT2D eigenvalue weighted by molar-refractivity contribution is -0.139. The number of carboxylic acids is 1. The molecule has 28 heavy (non-hydrogen) atoms. The first kappa shape index (κ1) is 20.1. The number of nitrogens with zero attached hydrogens (tertiary/aromatic N) is 2. The molecule has 1 atom stereocenters. The Labute approximate surface area is 169 Å². The molecule has 1 aromatic heterocycles. The van der Waals surface area contributed by atoms with Crippen molar-refractivity contribution in [3.63, 3.8) is 0 Å². The number of aliphatic imine (C=N–C) groups is 1. The molecule has 146 valence electrons. The van der Waals surface area contributed by atoms with Crippen molar-refractivity contribution in [1.82, 2.24) is 0 Å². The van der Waals surface area contributed by atoms with Gasteiger partial charge in [-0.05, 0) is 66.0 Å². The van der Waals surface area contributed by atoms with Crippen LogP contribution in [0.2, 0.25) is 0 Å². The Hall–Kier alpha value is -2.65. The molecule has 5 nitrogen and oxygen atoms in total. The van der Waals surface area contributed by atoms with Gasteiger partial charge >= 0.3 is 5.97 Å². The monoisotopic (exact) mass is 396 g/mol. The summed E-state index contributed by atoms with van der Waals surface area (Å²) >= 11 is 1.63. The summed E-state index contributed by atoms with van der Waals surface area (Å²) in [6.45, 7) is 6.48. The predicted octanol–water partition coefficient (Wildman–Crippen LogP) is 4.98. The minimum Gasteiger partial charge on any atom is -0.482 e. The third kappa shape index (κ3) is 4.60. The third-order valence-corrected chi connectivity index (χ3v) is 6.32. The van der Waals surface area contributed by atoms with Gasteiger partial charge in [-0.25, -0.2) is 9.79 Å². The summed E-state index contributed by atoms with van der Waals surface area (Å²) in [4.78, 5) is 16.4. The fraction of sp³-hybridized carbons (Fsp3) is 0.409. The van der Waals surface area contributed by atoms with Gasteiger partial charge < -0.3 is 9.84 Å². The maximum atomic E-state index is 10.5. The van der Waals surface area contributed by atoms with Crippen LogP contribution in [0.4, 0.5) is 5.00 Å². The van der Waals surface area contributed by atoms with E-state index in [0.717, 1.165) is 29.8 Å². The van der Waals surface area contributed by atoms with Gasteiger partial charge in [-0.15, -0.1) is 11.3 Å². The Morgan fingerprint density at radius 3 is 2.71 bits per heavy atom. The Kier molecular flexibility index (Phi) is 5.85. The molecule has 1 aromatic carbocycles. The molecule has 1 aliphatic carbocycles. The summed E-state index contributed by atoms with van der Waals surface area (Å²) in [6.07, 6.45) is 4.81. The van der Waals surface area contributed by atoms with Crippen LogP contribution >= 0.6 is 11.3 Å². The van der Waals surface area contributed by atoms with Crippen molar-refractivity contribution in [3.8, 4) is 11.8 Å². The molecule has 0 spiro atoms. The zero-order valence-corrected chi connectivity index (χ0v) is 17.2. The number of fused-ring (bicyclic) bond motifs is 1. The largest absolute Gasteiger partial charge is 0.482 e. The molecule has 3 rings (SSSR count). The van der Waals surface area contributed by atoms with Gasteiger partial charge in [0, 0.05) is 11.1 Å². The summed E-state index contributed by atoms with van der Waals surface area (Å²) in [7, 11) is 0. The third-order valence-electron chi connectivity index (χ3n) is 5.16. The van der Waals surface area contributed by atoms with Crippen LogP contribution in [0.1, 0.15) is 48.8 Å². The highest BCUT2D eigenvalue weighted by molar-refractivity contribution is 7.16. The number of rotatable bonds is 5. The lowest BCUT2D eigenvalue weighted by atomic mass is 9.72. The average Bonchev–Trinajstić information content (AvgIpc) is 3.01. The smallest absolute Gasteiger partial charge is 0.341 e. The Morgan fingerprint density at radius 1 is 1.39 bits per heavy atom. The fourth-order valence-electron chi connectivity index (χ4n) is 3.45. The summed E-state index contributed by atoms with van der Waals surface area (Å²) in [5.74, 6) is 0.113. The van der Waals surface area contributed by atoms with Gasteiger partial charge in [0.2, 0.25) is 0 Å². The lowest BCUT2D eigenvalue weighted by Crippen LogP contribution is -2.26. The van der Waals surface area contributed by atoms with Crippen molar-refractivity contribution in [2.45, 2.75) is 40.0 Å². The lowest BCUT2D eigenvalue weighted by Gasteiger charge is -2.33. The van der Waals surface area contributed by atoms with Crippen molar-refractivity contribution in [1.29, 1.82) is 5.26 Å². The number of thiophene rings is 1. The molecule has 0 aliphatic heterocycles. The zero-order chi connectivity index (χ0) is 20.3. The number of hydrogen-bond acceptors (Lipinski definition) is 5. The molecule has 1 N–H and O–H groups in total. The molecule has 0 bridgehead atoms. The van der Waals surface area contributed by atoms with E-state index in [-0.39, 0.29) is 12.0 Å². The second-order valence-corrected chi connectivity index (χ2v) is 9.19. The van der Waals surface area contributed by atoms with Gasteiger partial charge in [0.25, 0.3) is 0 Å². The van der Waals surface area contributed by atoms with E-state index in [1.54, 1.807) is 29.7 Å². The first-order valence-electron chi connectivity index (χ1n) is 9.31. The quantitative estimate of drug-likeness (QED) is 0.722. The number of ether oxygens (including phenoxy) is 1. The minimum absolute atomic E-state index is 0.266. The topological polar surface area (TPSA) is 82.7 Å². The van der Waals surface area contributed by atoms with Crippen molar-refractivity contribution < 1.29 is 14.6 Å². The van der Waals surface area contributed by atoms with E-state index in [0.29, 0.717) is 17.2 Å². The SMILES string of the molecule is CC(C)(C)[C@@H]1CCc2c(sc(N=Cc3ccc(OCC(=O)O)cc3)c2C#N)C1. The zero-order valence-electron chi connectivity index (χ0n) is 16.4. The van der Waals surface area contributed by atoms with Crippen LogP contribution in [0.25, 0.3) is 0 Å². The Morgan fingerprint density at radius 2 is 2.11 bits per heavy atom. The highest BCUT2D eigenvalue weighted by Gasteiger charge is 2.32. The van der Waals surface area contributed by atoms with Gasteiger partial charge in [-0.1, -0.05) is 20.8 Å². The maximum Gasteiger partial charge on any atom is 0.341 e. The van der Waals surface area contributed by atoms with Crippen molar-refractivity contribution >= 4 is 28.5 Å². The molecule has 0 radical (unpaired) electrons. The molecule has 2 aromatic rings. The number of carbonyl (C=O) groups is 1. The van der Waals surface area contributed by atoms with Crippen molar-refractivity contribution in [3.05, 3.63) is 45.8 Å². The maximum absolute atomic E-state index is 10.5. The second-order valence-electron chi connectivity index (χ2n) is 8.11. The van der Waals surface area contributed by atoms with E-state index >= 15 is 0 Å². The Balaban J connectivity index is 1.77. The average molecular weight is 397 g/mol. The molecule has 1 aliphatic rings. The van der Waals surface area contributed by atoms with E-state index in [9.17, 15) is 10.1 Å². The number of carboxylic acid groups (broad SMARTS) is 1. The molecule has 6 heteroatoms. The van der Waals surface area contributed by atoms with E-state index < -0.39 is 5.97 Å². The molecular formula is C22H24N2O3S. The molecule has 0 saturated heterocycles. The highest BCUT2D eigenvalue weighted by atomic mass is 32.1. The first-order valence-corrected chi connectivity index (χ1v) is 10.1. The molecule has 0 fully saturated rings. The van der Waals surface area contributed by atoms with E-state index in [1.165, 1.54) is 10.4 Å². The highest BCUT2D eigenvalue weighted by Crippen LogP contribution is 2.44. The summed E-state index contributed by atoms with van der Waals surface area (Å²) < 4.78 is 5.13. The second kappa shape index (κ2) is 8.15. The van der Waals surface area contributed by atoms with Crippen LogP contribution in [0.15, 0.2) is 29.3 Å². The van der Waals surface area contributed by atoms with Crippen LogP contribution in [-0.2, 0) is 17.6 Å². The van der Waals surface area contributed by atoms with Gasteiger partial charge in [-0.2, -0.15) is 5.26 Å². The normalized spacial score (nSPS) is 16.6. The van der Waals surface area contributed by atoms with Gasteiger partial charge in [0.1, 0.15) is 16.8 Å². The van der Waals surface area contributed by atoms with Gasteiger partial charge in [0.15, 0.2) is 6.61 Å². The van der Waals surface area contributed by atoms with E-state index in [4.69, 9.17) is 9.84 Å². The number of hydrogen-bond donors (Lipinski definition) is 1. The number of aliphatic carboxylic acids is 1.